The lowest BCUT2D eigenvalue weighted by Gasteiger charge is -1.97. The molecule has 2 aromatic heterocycles. The van der Waals surface area contributed by atoms with Crippen LogP contribution >= 0.6 is 23.4 Å². The van der Waals surface area contributed by atoms with Crippen molar-refractivity contribution in [1.82, 2.24) is 15.2 Å². The van der Waals surface area contributed by atoms with Gasteiger partial charge in [0.2, 0.25) is 11.8 Å². The van der Waals surface area contributed by atoms with Gasteiger partial charge in [-0.25, -0.2) is 4.98 Å². The minimum atomic E-state index is 0.450. The van der Waals surface area contributed by atoms with Gasteiger partial charge >= 0.3 is 0 Å². The zero-order valence-corrected chi connectivity index (χ0v) is 12.8. The first-order valence-electron chi connectivity index (χ1n) is 6.32. The van der Waals surface area contributed by atoms with E-state index in [4.69, 9.17) is 21.3 Å². The molecule has 108 valence electrons. The molecule has 22 heavy (non-hydrogen) atoms. The monoisotopic (exact) mass is 328 g/mol. The molecule has 0 aliphatic heterocycles. The zero-order chi connectivity index (χ0) is 15.4. The highest BCUT2D eigenvalue weighted by Gasteiger charge is 2.09. The molecule has 0 radical (unpaired) electrons. The van der Waals surface area contributed by atoms with Crippen molar-refractivity contribution in [1.29, 1.82) is 5.26 Å². The van der Waals surface area contributed by atoms with Gasteiger partial charge in [-0.05, 0) is 36.4 Å². The lowest BCUT2D eigenvalue weighted by atomic mass is 10.2. The maximum Gasteiger partial charge on any atom is 0.247 e. The molecule has 0 spiro atoms. The number of thioether (sulfide) groups is 1. The van der Waals surface area contributed by atoms with Gasteiger partial charge in [0, 0.05) is 16.8 Å². The van der Waals surface area contributed by atoms with Crippen molar-refractivity contribution >= 4 is 23.4 Å². The molecular formula is C15H9ClN4OS. The predicted octanol–water partition coefficient (Wildman–Crippen LogP) is 3.95. The molecule has 0 saturated carbocycles. The lowest BCUT2D eigenvalue weighted by molar-refractivity contribution is 0.528. The molecule has 3 aromatic rings. The Kier molecular flexibility index (Phi) is 4.37. The van der Waals surface area contributed by atoms with E-state index in [-0.39, 0.29) is 0 Å². The summed E-state index contributed by atoms with van der Waals surface area (Å²) in [7, 11) is 0. The topological polar surface area (TPSA) is 75.6 Å². The van der Waals surface area contributed by atoms with E-state index in [0.717, 1.165) is 10.6 Å². The zero-order valence-electron chi connectivity index (χ0n) is 11.2. The molecule has 0 atom stereocenters. The second-order valence-corrected chi connectivity index (χ2v) is 5.72. The van der Waals surface area contributed by atoms with E-state index < -0.39 is 0 Å². The smallest absolute Gasteiger partial charge is 0.247 e. The van der Waals surface area contributed by atoms with E-state index in [1.54, 1.807) is 30.5 Å². The Morgan fingerprint density at radius 1 is 1.18 bits per heavy atom. The van der Waals surface area contributed by atoms with Gasteiger partial charge in [-0.15, -0.1) is 10.2 Å². The van der Waals surface area contributed by atoms with E-state index in [1.165, 1.54) is 11.8 Å². The summed E-state index contributed by atoms with van der Waals surface area (Å²) >= 11 is 7.28. The van der Waals surface area contributed by atoms with E-state index in [9.17, 15) is 0 Å². The molecular weight excluding hydrogens is 320 g/mol. The van der Waals surface area contributed by atoms with Crippen LogP contribution in [0, 0.1) is 11.3 Å². The Labute approximate surface area is 136 Å². The first-order valence-corrected chi connectivity index (χ1v) is 7.68. The van der Waals surface area contributed by atoms with E-state index >= 15 is 0 Å². The van der Waals surface area contributed by atoms with E-state index in [2.05, 4.69) is 21.3 Å². The molecule has 1 aromatic carbocycles. The largest absolute Gasteiger partial charge is 0.420 e. The first kappa shape index (κ1) is 14.6. The number of benzene rings is 1. The minimum Gasteiger partial charge on any atom is -0.420 e. The van der Waals surface area contributed by atoms with Crippen LogP contribution in [-0.2, 0) is 5.75 Å². The minimum absolute atomic E-state index is 0.450. The number of hydrogen-bond donors (Lipinski definition) is 0. The Balaban J connectivity index is 1.69. The summed E-state index contributed by atoms with van der Waals surface area (Å²) in [5, 5.41) is 18.3. The van der Waals surface area contributed by atoms with Crippen LogP contribution in [0.3, 0.4) is 0 Å². The number of hydrogen-bond acceptors (Lipinski definition) is 6. The second kappa shape index (κ2) is 6.60. The number of aromatic nitrogens is 3. The molecule has 0 unspecified atom stereocenters. The Morgan fingerprint density at radius 2 is 2.00 bits per heavy atom. The number of rotatable bonds is 4. The Bertz CT molecular complexity index is 826. The van der Waals surface area contributed by atoms with Gasteiger partial charge in [0.15, 0.2) is 0 Å². The van der Waals surface area contributed by atoms with Crippen LogP contribution in [0.15, 0.2) is 52.0 Å². The van der Waals surface area contributed by atoms with Crippen LogP contribution in [0.5, 0.6) is 0 Å². The molecule has 0 fully saturated rings. The predicted molar refractivity (Wildman–Crippen MR) is 83.3 cm³/mol. The fourth-order valence-electron chi connectivity index (χ4n) is 1.71. The van der Waals surface area contributed by atoms with Crippen LogP contribution in [0.4, 0.5) is 0 Å². The SMILES string of the molecule is N#Cc1ccnc(SCc2nnc(-c3ccc(Cl)cc3)o2)c1. The second-order valence-electron chi connectivity index (χ2n) is 4.29. The number of nitriles is 1. The number of halogens is 1. The van der Waals surface area contributed by atoms with Crippen LogP contribution < -0.4 is 0 Å². The summed E-state index contributed by atoms with van der Waals surface area (Å²) in [5.41, 5.74) is 1.39. The molecule has 0 bridgehead atoms. The molecule has 0 aliphatic carbocycles. The molecule has 5 nitrogen and oxygen atoms in total. The average Bonchev–Trinajstić information content (AvgIpc) is 3.03. The van der Waals surface area contributed by atoms with Crippen LogP contribution in [0.25, 0.3) is 11.5 Å². The van der Waals surface area contributed by atoms with Crippen molar-refractivity contribution < 1.29 is 4.42 Å². The van der Waals surface area contributed by atoms with E-state index in [0.29, 0.717) is 28.1 Å². The number of pyridine rings is 1. The normalized spacial score (nSPS) is 10.4. The summed E-state index contributed by atoms with van der Waals surface area (Å²) in [6, 6.07) is 12.7. The standard InChI is InChI=1S/C15H9ClN4OS/c16-12-3-1-11(2-4-12)15-20-19-13(21-15)9-22-14-7-10(8-17)5-6-18-14/h1-7H,9H2. The summed E-state index contributed by atoms with van der Waals surface area (Å²) in [6.45, 7) is 0. The Hall–Kier alpha value is -2.36. The van der Waals surface area contributed by atoms with Crippen molar-refractivity contribution in [2.24, 2.45) is 0 Å². The molecule has 0 amide bonds. The third-order valence-electron chi connectivity index (χ3n) is 2.77. The molecule has 0 aliphatic rings. The van der Waals surface area contributed by atoms with Gasteiger partial charge in [0.1, 0.15) is 0 Å². The van der Waals surface area contributed by atoms with Crippen molar-refractivity contribution in [3.63, 3.8) is 0 Å². The fourth-order valence-corrected chi connectivity index (χ4v) is 2.57. The number of nitrogens with zero attached hydrogens (tertiary/aromatic N) is 4. The highest BCUT2D eigenvalue weighted by molar-refractivity contribution is 7.98. The van der Waals surface area contributed by atoms with Crippen LogP contribution in [0.1, 0.15) is 11.5 Å². The van der Waals surface area contributed by atoms with Gasteiger partial charge < -0.3 is 4.42 Å². The maximum absolute atomic E-state index is 8.86. The molecule has 3 rings (SSSR count). The maximum atomic E-state index is 8.86. The summed E-state index contributed by atoms with van der Waals surface area (Å²) in [5.74, 6) is 1.44. The Morgan fingerprint density at radius 3 is 2.77 bits per heavy atom. The van der Waals surface area contributed by atoms with E-state index in [1.807, 2.05) is 12.1 Å². The van der Waals surface area contributed by atoms with Crippen molar-refractivity contribution in [3.05, 3.63) is 59.1 Å². The molecule has 0 N–H and O–H groups in total. The third-order valence-corrected chi connectivity index (χ3v) is 3.93. The summed E-state index contributed by atoms with van der Waals surface area (Å²) < 4.78 is 5.61. The van der Waals surface area contributed by atoms with Gasteiger partial charge in [-0.2, -0.15) is 5.26 Å². The van der Waals surface area contributed by atoms with Gasteiger partial charge in [0.25, 0.3) is 0 Å². The summed E-state index contributed by atoms with van der Waals surface area (Å²) in [6.07, 6.45) is 1.61. The third kappa shape index (κ3) is 3.45. The van der Waals surface area contributed by atoms with Crippen LogP contribution in [-0.4, -0.2) is 15.2 Å². The first-order chi connectivity index (χ1) is 10.7. The highest BCUT2D eigenvalue weighted by Crippen LogP contribution is 2.24. The lowest BCUT2D eigenvalue weighted by Crippen LogP contribution is -1.84. The molecule has 2 heterocycles. The molecule has 7 heteroatoms. The highest BCUT2D eigenvalue weighted by atomic mass is 35.5. The fraction of sp³-hybridized carbons (Fsp3) is 0.0667. The average molecular weight is 329 g/mol. The van der Waals surface area contributed by atoms with Crippen molar-refractivity contribution in [2.75, 3.05) is 0 Å². The van der Waals surface area contributed by atoms with Crippen molar-refractivity contribution in [3.8, 4) is 17.5 Å². The van der Waals surface area contributed by atoms with Crippen LogP contribution in [0.2, 0.25) is 5.02 Å². The van der Waals surface area contributed by atoms with Gasteiger partial charge in [0.05, 0.1) is 22.4 Å². The van der Waals surface area contributed by atoms with Gasteiger partial charge in [-0.1, -0.05) is 23.4 Å². The van der Waals surface area contributed by atoms with Crippen molar-refractivity contribution in [2.45, 2.75) is 10.8 Å². The quantitative estimate of drug-likeness (QED) is 0.675. The molecule has 0 saturated heterocycles. The van der Waals surface area contributed by atoms with Gasteiger partial charge in [-0.3, -0.25) is 0 Å². The summed E-state index contributed by atoms with van der Waals surface area (Å²) in [4.78, 5) is 4.18.